The number of hydrogen-bond donors (Lipinski definition) is 0. The molecular formula is C52H42N8. The van der Waals surface area contributed by atoms with Crippen LogP contribution in [0.4, 0.5) is 34.1 Å². The van der Waals surface area contributed by atoms with Crippen molar-refractivity contribution in [3.05, 3.63) is 205 Å². The van der Waals surface area contributed by atoms with Crippen molar-refractivity contribution in [3.63, 3.8) is 0 Å². The van der Waals surface area contributed by atoms with Crippen molar-refractivity contribution in [1.82, 2.24) is 30.0 Å². The molecule has 7 aromatic carbocycles. The van der Waals surface area contributed by atoms with Gasteiger partial charge >= 0.3 is 0 Å². The zero-order chi connectivity index (χ0) is 40.6. The first-order valence-corrected chi connectivity index (χ1v) is 20.4. The molecule has 0 bridgehead atoms. The first kappa shape index (κ1) is 35.6. The molecule has 11 rings (SSSR count). The highest BCUT2D eigenvalue weighted by atomic mass is 15.4. The van der Waals surface area contributed by atoms with Crippen molar-refractivity contribution >= 4 is 34.1 Å². The molecule has 8 nitrogen and oxygen atoms in total. The second-order valence-corrected chi connectivity index (χ2v) is 16.7. The third-order valence-corrected chi connectivity index (χ3v) is 12.4. The van der Waals surface area contributed by atoms with Gasteiger partial charge in [0.15, 0.2) is 0 Å². The second kappa shape index (κ2) is 13.5. The highest BCUT2D eigenvalue weighted by molar-refractivity contribution is 5.87. The minimum atomic E-state index is -0.123. The van der Waals surface area contributed by atoms with Gasteiger partial charge in [-0.1, -0.05) is 141 Å². The quantitative estimate of drug-likeness (QED) is 0.167. The molecule has 0 amide bonds. The molecule has 0 spiro atoms. The van der Waals surface area contributed by atoms with Crippen LogP contribution in [0.3, 0.4) is 0 Å². The van der Waals surface area contributed by atoms with Gasteiger partial charge in [0.1, 0.15) is 11.4 Å². The van der Waals surface area contributed by atoms with E-state index < -0.39 is 0 Å². The maximum atomic E-state index is 4.63. The van der Waals surface area contributed by atoms with Crippen molar-refractivity contribution in [2.45, 2.75) is 38.5 Å². The first-order chi connectivity index (χ1) is 29.3. The lowest BCUT2D eigenvalue weighted by Crippen LogP contribution is -2.30. The van der Waals surface area contributed by atoms with E-state index in [0.29, 0.717) is 0 Å². The number of nitrogens with zero attached hydrogens (tertiary/aromatic N) is 8. The van der Waals surface area contributed by atoms with Crippen LogP contribution in [0.25, 0.3) is 33.9 Å². The minimum absolute atomic E-state index is 0.123. The Morgan fingerprint density at radius 3 is 1.07 bits per heavy atom. The number of para-hydroxylation sites is 4. The summed E-state index contributed by atoms with van der Waals surface area (Å²) in [5.74, 6) is 0. The van der Waals surface area contributed by atoms with Gasteiger partial charge in [0.2, 0.25) is 0 Å². The lowest BCUT2D eigenvalue weighted by molar-refractivity contribution is 0.631. The molecule has 60 heavy (non-hydrogen) atoms. The molecule has 2 aromatic heterocycles. The SMILES string of the molecule is CC1(C)c2ccccc2N(c2cccc(-n3cc(-c4cccc(-c5cn(-c6cccc(N7c8ccccc8C(C)(C)c8ccccc87)c6)nn5)c4)nn3)c2)c2ccccc21. The van der Waals surface area contributed by atoms with Gasteiger partial charge in [-0.05, 0) is 89.0 Å². The Labute approximate surface area is 349 Å². The number of rotatable bonds is 6. The summed E-state index contributed by atoms with van der Waals surface area (Å²) in [4.78, 5) is 4.72. The van der Waals surface area contributed by atoms with Crippen molar-refractivity contribution in [2.75, 3.05) is 9.80 Å². The summed E-state index contributed by atoms with van der Waals surface area (Å²) in [6, 6.07) is 60.0. The molecule has 2 aliphatic heterocycles. The number of aromatic nitrogens is 6. The number of anilines is 6. The fourth-order valence-electron chi connectivity index (χ4n) is 9.33. The van der Waals surface area contributed by atoms with Gasteiger partial charge < -0.3 is 9.80 Å². The van der Waals surface area contributed by atoms with Gasteiger partial charge in [0.25, 0.3) is 0 Å². The summed E-state index contributed by atoms with van der Waals surface area (Å²) >= 11 is 0. The first-order valence-electron chi connectivity index (χ1n) is 20.4. The van der Waals surface area contributed by atoms with Gasteiger partial charge in [-0.3, -0.25) is 0 Å². The van der Waals surface area contributed by atoms with E-state index in [0.717, 1.165) is 45.3 Å². The molecule has 0 aliphatic carbocycles. The zero-order valence-electron chi connectivity index (χ0n) is 33.9. The summed E-state index contributed by atoms with van der Waals surface area (Å²) in [7, 11) is 0. The highest BCUT2D eigenvalue weighted by Crippen LogP contribution is 2.53. The molecule has 0 saturated heterocycles. The van der Waals surface area contributed by atoms with Crippen LogP contribution in [0.5, 0.6) is 0 Å². The lowest BCUT2D eigenvalue weighted by atomic mass is 9.73. The van der Waals surface area contributed by atoms with Gasteiger partial charge in [0, 0.05) is 33.3 Å². The summed E-state index contributed by atoms with van der Waals surface area (Å²) in [5, 5.41) is 18.5. The average molecular weight is 779 g/mol. The number of benzene rings is 7. The van der Waals surface area contributed by atoms with Crippen molar-refractivity contribution in [3.8, 4) is 33.9 Å². The maximum Gasteiger partial charge on any atom is 0.113 e. The predicted molar refractivity (Wildman–Crippen MR) is 241 cm³/mol. The summed E-state index contributed by atoms with van der Waals surface area (Å²) in [6.07, 6.45) is 3.97. The van der Waals surface area contributed by atoms with E-state index >= 15 is 0 Å². The third-order valence-electron chi connectivity index (χ3n) is 12.4. The van der Waals surface area contributed by atoms with Crippen LogP contribution in [-0.4, -0.2) is 30.0 Å². The molecule has 2 aliphatic rings. The van der Waals surface area contributed by atoms with E-state index in [1.807, 2.05) is 27.8 Å². The predicted octanol–water partition coefficient (Wildman–Crippen LogP) is 12.4. The topological polar surface area (TPSA) is 67.9 Å². The van der Waals surface area contributed by atoms with E-state index in [1.165, 1.54) is 45.0 Å². The average Bonchev–Trinajstić information content (AvgIpc) is 3.99. The van der Waals surface area contributed by atoms with Gasteiger partial charge in [-0.2, -0.15) is 0 Å². The molecule has 290 valence electrons. The van der Waals surface area contributed by atoms with E-state index in [4.69, 9.17) is 0 Å². The largest absolute Gasteiger partial charge is 0.310 e. The molecular weight excluding hydrogens is 737 g/mol. The molecule has 0 fully saturated rings. The van der Waals surface area contributed by atoms with Crippen LogP contribution in [0.1, 0.15) is 49.9 Å². The Bertz CT molecular complexity index is 2790. The Morgan fingerprint density at radius 2 is 0.683 bits per heavy atom. The molecule has 9 aromatic rings. The summed E-state index contributed by atoms with van der Waals surface area (Å²) in [5.41, 5.74) is 17.1. The Hall–Kier alpha value is -7.58. The smallest absolute Gasteiger partial charge is 0.113 e. The molecule has 0 atom stereocenters. The summed E-state index contributed by atoms with van der Waals surface area (Å²) < 4.78 is 3.70. The van der Waals surface area contributed by atoms with Crippen LogP contribution in [0.15, 0.2) is 182 Å². The van der Waals surface area contributed by atoms with Gasteiger partial charge in [-0.25, -0.2) is 9.36 Å². The molecule has 8 heteroatoms. The standard InChI is InChI=1S/C52H42N8/c1-51(2)41-22-5-9-26-47(41)59(48-27-10-6-23-42(48)51)39-20-14-18-37(31-39)57-33-45(53-55-57)35-16-13-17-36(30-35)46-34-58(56-54-46)38-19-15-21-40(32-38)60-49-28-11-7-24-43(49)52(3,4)44-25-8-12-29-50(44)60/h5-34H,1-4H3. The molecule has 4 heterocycles. The zero-order valence-corrected chi connectivity index (χ0v) is 33.9. The van der Waals surface area contributed by atoms with E-state index in [2.05, 4.69) is 222 Å². The molecule has 0 saturated carbocycles. The molecule has 0 unspecified atom stereocenters. The second-order valence-electron chi connectivity index (χ2n) is 16.7. The van der Waals surface area contributed by atoms with Crippen LogP contribution >= 0.6 is 0 Å². The number of hydrogen-bond acceptors (Lipinski definition) is 6. The van der Waals surface area contributed by atoms with Crippen molar-refractivity contribution in [2.24, 2.45) is 0 Å². The Kier molecular flexibility index (Phi) is 8.00. The van der Waals surface area contributed by atoms with E-state index in [9.17, 15) is 0 Å². The summed E-state index contributed by atoms with van der Waals surface area (Å²) in [6.45, 7) is 9.22. The highest BCUT2D eigenvalue weighted by Gasteiger charge is 2.38. The Morgan fingerprint density at radius 1 is 0.350 bits per heavy atom. The Balaban J connectivity index is 0.884. The van der Waals surface area contributed by atoms with Gasteiger partial charge in [-0.15, -0.1) is 10.2 Å². The monoisotopic (exact) mass is 778 g/mol. The van der Waals surface area contributed by atoms with Crippen molar-refractivity contribution < 1.29 is 0 Å². The third kappa shape index (κ3) is 5.59. The van der Waals surface area contributed by atoms with Crippen LogP contribution in [0.2, 0.25) is 0 Å². The lowest BCUT2D eigenvalue weighted by Gasteiger charge is -2.42. The fourth-order valence-corrected chi connectivity index (χ4v) is 9.33. The number of fused-ring (bicyclic) bond motifs is 4. The van der Waals surface area contributed by atoms with E-state index in [1.54, 1.807) is 0 Å². The van der Waals surface area contributed by atoms with Gasteiger partial charge in [0.05, 0.1) is 46.5 Å². The molecule has 0 radical (unpaired) electrons. The van der Waals surface area contributed by atoms with E-state index in [-0.39, 0.29) is 10.8 Å². The van der Waals surface area contributed by atoms with Crippen molar-refractivity contribution in [1.29, 1.82) is 0 Å². The fraction of sp³-hybridized carbons (Fsp3) is 0.115. The molecule has 0 N–H and O–H groups in total. The maximum absolute atomic E-state index is 4.63. The van der Waals surface area contributed by atoms with Crippen LogP contribution < -0.4 is 9.80 Å². The van der Waals surface area contributed by atoms with Crippen LogP contribution in [0, 0.1) is 0 Å². The normalized spacial score (nSPS) is 14.5. The minimum Gasteiger partial charge on any atom is -0.310 e. The van der Waals surface area contributed by atoms with Crippen LogP contribution in [-0.2, 0) is 10.8 Å².